The Balaban J connectivity index is 1.46. The second-order valence-corrected chi connectivity index (χ2v) is 6.95. The van der Waals surface area contributed by atoms with E-state index in [1.165, 1.54) is 0 Å². The molecule has 0 unspecified atom stereocenters. The summed E-state index contributed by atoms with van der Waals surface area (Å²) in [4.78, 5) is 26.6. The van der Waals surface area contributed by atoms with Crippen LogP contribution in [0, 0.1) is 0 Å². The standard InChI is InChI=1S/C22H18N2O2/c25-20-8-7-16-12-19(13-17-9-10-24(20)21(16)17)23-22(26)18-6-5-14-3-1-2-4-15(14)11-18/h1-6,11-13H,7-10H2,(H,23,26). The number of aryl methyl sites for hydroxylation is 1. The van der Waals surface area contributed by atoms with Crippen LogP contribution < -0.4 is 10.2 Å². The molecule has 26 heavy (non-hydrogen) atoms. The van der Waals surface area contributed by atoms with Gasteiger partial charge >= 0.3 is 0 Å². The molecule has 0 spiro atoms. The molecule has 0 atom stereocenters. The first-order valence-corrected chi connectivity index (χ1v) is 8.95. The van der Waals surface area contributed by atoms with Crippen LogP contribution in [0.15, 0.2) is 54.6 Å². The molecule has 3 aromatic carbocycles. The van der Waals surface area contributed by atoms with E-state index in [0.29, 0.717) is 12.0 Å². The molecule has 0 saturated heterocycles. The number of rotatable bonds is 2. The Morgan fingerprint density at radius 2 is 1.65 bits per heavy atom. The highest BCUT2D eigenvalue weighted by molar-refractivity contribution is 6.07. The van der Waals surface area contributed by atoms with Crippen molar-refractivity contribution >= 4 is 34.0 Å². The highest BCUT2D eigenvalue weighted by atomic mass is 16.2. The predicted octanol–water partition coefficient (Wildman–Crippen LogP) is 3.93. The maximum absolute atomic E-state index is 12.7. The van der Waals surface area contributed by atoms with Crippen molar-refractivity contribution in [2.45, 2.75) is 19.3 Å². The first-order valence-electron chi connectivity index (χ1n) is 8.95. The molecule has 2 aliphatic rings. The highest BCUT2D eigenvalue weighted by Crippen LogP contribution is 2.38. The van der Waals surface area contributed by atoms with E-state index in [1.807, 2.05) is 59.5 Å². The Hall–Kier alpha value is -3.14. The Labute approximate surface area is 151 Å². The second-order valence-electron chi connectivity index (χ2n) is 6.95. The molecule has 0 aromatic heterocycles. The summed E-state index contributed by atoms with van der Waals surface area (Å²) in [5.74, 6) is 0.105. The summed E-state index contributed by atoms with van der Waals surface area (Å²) in [6.07, 6.45) is 2.15. The molecule has 2 aliphatic heterocycles. The van der Waals surface area contributed by atoms with E-state index < -0.39 is 0 Å². The fraction of sp³-hybridized carbons (Fsp3) is 0.182. The molecule has 2 amide bonds. The smallest absolute Gasteiger partial charge is 0.255 e. The number of nitrogens with one attached hydrogen (secondary N) is 1. The minimum atomic E-state index is -0.107. The zero-order valence-corrected chi connectivity index (χ0v) is 14.3. The minimum Gasteiger partial charge on any atom is -0.322 e. The fourth-order valence-corrected chi connectivity index (χ4v) is 4.06. The van der Waals surface area contributed by atoms with Gasteiger partial charge in [-0.3, -0.25) is 9.59 Å². The molecule has 0 saturated carbocycles. The largest absolute Gasteiger partial charge is 0.322 e. The van der Waals surface area contributed by atoms with E-state index in [9.17, 15) is 9.59 Å². The third-order valence-electron chi connectivity index (χ3n) is 5.32. The van der Waals surface area contributed by atoms with Crippen LogP contribution in [0.4, 0.5) is 11.4 Å². The van der Waals surface area contributed by atoms with Crippen molar-refractivity contribution in [1.82, 2.24) is 0 Å². The fourth-order valence-electron chi connectivity index (χ4n) is 4.06. The van der Waals surface area contributed by atoms with Gasteiger partial charge in [-0.15, -0.1) is 0 Å². The van der Waals surface area contributed by atoms with Crippen LogP contribution in [0.2, 0.25) is 0 Å². The first-order chi connectivity index (χ1) is 12.7. The number of anilines is 2. The van der Waals surface area contributed by atoms with Crippen molar-refractivity contribution in [3.05, 3.63) is 71.3 Å². The first kappa shape index (κ1) is 15.1. The van der Waals surface area contributed by atoms with Gasteiger partial charge < -0.3 is 10.2 Å². The molecule has 5 rings (SSSR count). The molecule has 4 nitrogen and oxygen atoms in total. The summed E-state index contributed by atoms with van der Waals surface area (Å²) in [6.45, 7) is 0.753. The van der Waals surface area contributed by atoms with Crippen molar-refractivity contribution in [2.24, 2.45) is 0 Å². The molecular weight excluding hydrogens is 324 g/mol. The average Bonchev–Trinajstić information content (AvgIpc) is 3.09. The van der Waals surface area contributed by atoms with E-state index in [4.69, 9.17) is 0 Å². The summed E-state index contributed by atoms with van der Waals surface area (Å²) in [5.41, 5.74) is 4.85. The van der Waals surface area contributed by atoms with E-state index in [-0.39, 0.29) is 11.8 Å². The third-order valence-corrected chi connectivity index (χ3v) is 5.32. The number of nitrogens with zero attached hydrogens (tertiary/aromatic N) is 1. The van der Waals surface area contributed by atoms with Gasteiger partial charge in [-0.25, -0.2) is 0 Å². The molecule has 0 bridgehead atoms. The molecule has 1 N–H and O–H groups in total. The van der Waals surface area contributed by atoms with Crippen LogP contribution in [0.5, 0.6) is 0 Å². The van der Waals surface area contributed by atoms with Gasteiger partial charge in [-0.1, -0.05) is 30.3 Å². The molecule has 2 heterocycles. The van der Waals surface area contributed by atoms with Gasteiger partial charge in [0.1, 0.15) is 0 Å². The van der Waals surface area contributed by atoms with Crippen LogP contribution >= 0.6 is 0 Å². The normalized spacial score (nSPS) is 15.2. The van der Waals surface area contributed by atoms with Crippen molar-refractivity contribution in [3.63, 3.8) is 0 Å². The lowest BCUT2D eigenvalue weighted by atomic mass is 9.98. The van der Waals surface area contributed by atoms with Gasteiger partial charge in [0.15, 0.2) is 0 Å². The quantitative estimate of drug-likeness (QED) is 0.767. The summed E-state index contributed by atoms with van der Waals surface area (Å²) in [6, 6.07) is 17.8. The minimum absolute atomic E-state index is 0.107. The Bertz CT molecular complexity index is 1070. The van der Waals surface area contributed by atoms with Crippen LogP contribution in [0.25, 0.3) is 10.8 Å². The Morgan fingerprint density at radius 3 is 2.50 bits per heavy atom. The van der Waals surface area contributed by atoms with Crippen molar-refractivity contribution < 1.29 is 9.59 Å². The number of carbonyl (C=O) groups excluding carboxylic acids is 2. The molecule has 0 aliphatic carbocycles. The van der Waals surface area contributed by atoms with E-state index in [0.717, 1.165) is 52.7 Å². The average molecular weight is 342 g/mol. The summed E-state index contributed by atoms with van der Waals surface area (Å²) < 4.78 is 0. The number of hydrogen-bond donors (Lipinski definition) is 1. The van der Waals surface area contributed by atoms with Gasteiger partial charge in [0, 0.05) is 24.2 Å². The van der Waals surface area contributed by atoms with Crippen LogP contribution in [0.1, 0.15) is 27.9 Å². The number of fused-ring (bicyclic) bond motifs is 1. The third kappa shape index (κ3) is 2.37. The van der Waals surface area contributed by atoms with Gasteiger partial charge in [0.2, 0.25) is 5.91 Å². The van der Waals surface area contributed by atoms with Gasteiger partial charge in [0.05, 0.1) is 5.69 Å². The molecule has 4 heteroatoms. The summed E-state index contributed by atoms with van der Waals surface area (Å²) >= 11 is 0. The maximum atomic E-state index is 12.7. The molecule has 3 aromatic rings. The van der Waals surface area contributed by atoms with E-state index in [1.54, 1.807) is 0 Å². The highest BCUT2D eigenvalue weighted by Gasteiger charge is 2.31. The zero-order chi connectivity index (χ0) is 17.7. The molecule has 128 valence electrons. The van der Waals surface area contributed by atoms with Crippen molar-refractivity contribution in [2.75, 3.05) is 16.8 Å². The van der Waals surface area contributed by atoms with E-state index >= 15 is 0 Å². The maximum Gasteiger partial charge on any atom is 0.255 e. The second kappa shape index (κ2) is 5.70. The lowest BCUT2D eigenvalue weighted by molar-refractivity contribution is -0.118. The van der Waals surface area contributed by atoms with E-state index in [2.05, 4.69) is 5.32 Å². The molecular formula is C22H18N2O2. The number of amides is 2. The Kier molecular flexibility index (Phi) is 3.32. The van der Waals surface area contributed by atoms with Crippen molar-refractivity contribution in [1.29, 1.82) is 0 Å². The lowest BCUT2D eigenvalue weighted by Gasteiger charge is -2.25. The van der Waals surface area contributed by atoms with Crippen molar-refractivity contribution in [3.8, 4) is 0 Å². The van der Waals surface area contributed by atoms with Gasteiger partial charge in [-0.2, -0.15) is 0 Å². The number of carbonyl (C=O) groups is 2. The monoisotopic (exact) mass is 342 g/mol. The Morgan fingerprint density at radius 1 is 0.885 bits per heavy atom. The summed E-state index contributed by atoms with van der Waals surface area (Å²) in [5, 5.41) is 5.21. The van der Waals surface area contributed by atoms with Crippen LogP contribution in [0.3, 0.4) is 0 Å². The molecule has 0 radical (unpaired) electrons. The van der Waals surface area contributed by atoms with Gasteiger partial charge in [-0.05, 0) is 59.0 Å². The zero-order valence-electron chi connectivity index (χ0n) is 14.3. The van der Waals surface area contributed by atoms with Crippen LogP contribution in [-0.4, -0.2) is 18.4 Å². The molecule has 0 fully saturated rings. The predicted molar refractivity (Wildman–Crippen MR) is 103 cm³/mol. The number of hydrogen-bond acceptors (Lipinski definition) is 2. The topological polar surface area (TPSA) is 49.4 Å². The lowest BCUT2D eigenvalue weighted by Crippen LogP contribution is -2.32. The summed E-state index contributed by atoms with van der Waals surface area (Å²) in [7, 11) is 0. The van der Waals surface area contributed by atoms with Crippen LogP contribution in [-0.2, 0) is 17.6 Å². The number of benzene rings is 3. The van der Waals surface area contributed by atoms with Gasteiger partial charge in [0.25, 0.3) is 5.91 Å². The SMILES string of the molecule is O=C(Nc1cc2c3c(c1)CCN3C(=O)CC2)c1ccc2ccccc2c1.